The van der Waals surface area contributed by atoms with Crippen LogP contribution in [0, 0.1) is 23.0 Å². The Morgan fingerprint density at radius 1 is 1.00 bits per heavy atom. The van der Waals surface area contributed by atoms with Crippen molar-refractivity contribution in [2.45, 2.75) is 46.1 Å². The van der Waals surface area contributed by atoms with Crippen molar-refractivity contribution in [2.24, 2.45) is 11.3 Å². The maximum absolute atomic E-state index is 14.5. The van der Waals surface area contributed by atoms with E-state index in [1.807, 2.05) is 57.2 Å². The molecule has 0 saturated carbocycles. The zero-order chi connectivity index (χ0) is 27.4. The molecule has 3 aromatic rings. The van der Waals surface area contributed by atoms with Crippen LogP contribution in [-0.4, -0.2) is 50.5 Å². The fourth-order valence-corrected chi connectivity index (χ4v) is 7.37. The van der Waals surface area contributed by atoms with E-state index in [4.69, 9.17) is 9.16 Å². The highest BCUT2D eigenvalue weighted by Crippen LogP contribution is 2.42. The summed E-state index contributed by atoms with van der Waals surface area (Å²) in [6, 6.07) is 23.2. The quantitative estimate of drug-likeness (QED) is 0.443. The van der Waals surface area contributed by atoms with Crippen LogP contribution in [0.15, 0.2) is 78.9 Å². The van der Waals surface area contributed by atoms with Gasteiger partial charge in [-0.2, -0.15) is 0 Å². The number of benzene rings is 3. The van der Waals surface area contributed by atoms with E-state index >= 15 is 0 Å². The molecule has 1 unspecified atom stereocenters. The van der Waals surface area contributed by atoms with Crippen LogP contribution in [-0.2, 0) is 14.0 Å². The Morgan fingerprint density at radius 3 is 2.11 bits per heavy atom. The average Bonchev–Trinajstić information content (AvgIpc) is 2.88. The number of morpholine rings is 1. The molecule has 1 heterocycles. The Labute approximate surface area is 224 Å². The van der Waals surface area contributed by atoms with E-state index < -0.39 is 50.4 Å². The summed E-state index contributed by atoms with van der Waals surface area (Å²) in [5.41, 5.74) is 0.0361. The van der Waals surface area contributed by atoms with E-state index in [0.29, 0.717) is 5.56 Å². The van der Waals surface area contributed by atoms with Gasteiger partial charge in [0, 0.05) is 19.1 Å². The summed E-state index contributed by atoms with van der Waals surface area (Å²) in [7, 11) is -2.13. The molecule has 1 N–H and O–H groups in total. The second-order valence-corrected chi connectivity index (χ2v) is 13.3. The summed E-state index contributed by atoms with van der Waals surface area (Å²) in [6.07, 6.45) is -2.06. The van der Waals surface area contributed by atoms with Crippen molar-refractivity contribution >= 4 is 25.3 Å². The van der Waals surface area contributed by atoms with Gasteiger partial charge in [0.2, 0.25) is 15.3 Å². The summed E-state index contributed by atoms with van der Waals surface area (Å²) in [5.74, 6) is -2.88. The van der Waals surface area contributed by atoms with Gasteiger partial charge in [-0.05, 0) is 40.4 Å². The molecular weight excluding hydrogens is 504 g/mol. The van der Waals surface area contributed by atoms with Crippen LogP contribution in [0.5, 0.6) is 0 Å². The number of hydrogen-bond donors (Lipinski definition) is 1. The van der Waals surface area contributed by atoms with E-state index in [0.717, 1.165) is 22.5 Å². The van der Waals surface area contributed by atoms with E-state index in [9.17, 15) is 18.7 Å². The van der Waals surface area contributed by atoms with Crippen LogP contribution in [0.1, 0.15) is 39.3 Å². The van der Waals surface area contributed by atoms with Crippen molar-refractivity contribution in [1.29, 1.82) is 0 Å². The third-order valence-electron chi connectivity index (χ3n) is 7.07. The van der Waals surface area contributed by atoms with Crippen molar-refractivity contribution in [1.82, 2.24) is 4.90 Å². The number of carbonyl (C=O) groups is 1. The number of aliphatic hydroxyl groups excluding tert-OH is 1. The Hall–Kier alpha value is -2.91. The van der Waals surface area contributed by atoms with Crippen LogP contribution >= 0.6 is 0 Å². The number of aliphatic hydroxyl groups is 1. The highest BCUT2D eigenvalue weighted by molar-refractivity contribution is 6.80. The second-order valence-electron chi connectivity index (χ2n) is 10.9. The molecule has 1 saturated heterocycles. The molecule has 1 fully saturated rings. The molecule has 38 heavy (non-hydrogen) atoms. The first-order valence-corrected chi connectivity index (χ1v) is 14.5. The first kappa shape index (κ1) is 28.1. The van der Waals surface area contributed by atoms with Crippen LogP contribution in [0.3, 0.4) is 0 Å². The molecule has 3 aromatic carbocycles. The van der Waals surface area contributed by atoms with Crippen LogP contribution in [0.2, 0.25) is 0 Å². The molecule has 0 bridgehead atoms. The first-order chi connectivity index (χ1) is 18.1. The summed E-state index contributed by atoms with van der Waals surface area (Å²) < 4.78 is 40.6. The molecule has 4 rings (SSSR count). The van der Waals surface area contributed by atoms with Crippen LogP contribution < -0.4 is 10.4 Å². The predicted octanol–water partition coefficient (Wildman–Crippen LogP) is 3.79. The topological polar surface area (TPSA) is 59.0 Å². The van der Waals surface area contributed by atoms with Gasteiger partial charge in [-0.1, -0.05) is 87.5 Å². The Morgan fingerprint density at radius 2 is 1.58 bits per heavy atom. The molecule has 5 nitrogen and oxygen atoms in total. The SMILES string of the molecule is CC1CN([C@@H](c2ccc(F)c(F)c2)[C@H](CO[SiH](c2ccccc2)c2ccccc2)C(C)(C)C)C(=O)[C@@H](O)O1. The molecule has 0 aliphatic carbocycles. The number of nitrogens with zero attached hydrogens (tertiary/aromatic N) is 1. The molecule has 4 atom stereocenters. The lowest BCUT2D eigenvalue weighted by atomic mass is 9.73. The minimum atomic E-state index is -2.13. The van der Waals surface area contributed by atoms with E-state index in [1.54, 1.807) is 6.92 Å². The molecule has 1 aliphatic rings. The number of carbonyl (C=O) groups excluding carboxylic acids is 1. The minimum absolute atomic E-state index is 0.199. The Bertz CT molecular complexity index is 1180. The highest BCUT2D eigenvalue weighted by atomic mass is 28.3. The Balaban J connectivity index is 1.76. The van der Waals surface area contributed by atoms with Gasteiger partial charge in [0.15, 0.2) is 11.6 Å². The van der Waals surface area contributed by atoms with Crippen LogP contribution in [0.25, 0.3) is 0 Å². The number of halogens is 2. The lowest BCUT2D eigenvalue weighted by Crippen LogP contribution is -2.55. The average molecular weight is 540 g/mol. The van der Waals surface area contributed by atoms with Crippen molar-refractivity contribution in [3.63, 3.8) is 0 Å². The summed E-state index contributed by atoms with van der Waals surface area (Å²) >= 11 is 0. The fourth-order valence-electron chi connectivity index (χ4n) is 5.06. The summed E-state index contributed by atoms with van der Waals surface area (Å²) in [6.45, 7) is 8.36. The number of hydrogen-bond acceptors (Lipinski definition) is 4. The van der Waals surface area contributed by atoms with Gasteiger partial charge in [0.05, 0.1) is 12.1 Å². The molecular formula is C30H35F2NO4Si. The van der Waals surface area contributed by atoms with Gasteiger partial charge in [-0.25, -0.2) is 8.78 Å². The zero-order valence-electron chi connectivity index (χ0n) is 22.2. The zero-order valence-corrected chi connectivity index (χ0v) is 23.3. The number of amides is 1. The maximum atomic E-state index is 14.5. The Kier molecular flexibility index (Phi) is 8.77. The van der Waals surface area contributed by atoms with Gasteiger partial charge >= 0.3 is 0 Å². The third kappa shape index (κ3) is 6.38. The number of rotatable bonds is 8. The fraction of sp³-hybridized carbons (Fsp3) is 0.367. The van der Waals surface area contributed by atoms with Gasteiger partial charge < -0.3 is 19.2 Å². The maximum Gasteiger partial charge on any atom is 0.279 e. The molecule has 202 valence electrons. The molecule has 1 aliphatic heterocycles. The normalized spacial score (nSPS) is 20.0. The standard InChI is InChI=1S/C30H35F2NO4Si/c1-20-18-33(28(34)29(35)37-20)27(21-15-16-25(31)26(32)17-21)24(30(2,3)4)19-36-38(22-11-7-5-8-12-22)23-13-9-6-10-14-23/h5-17,20,24,27,29,35,38H,18-19H2,1-4H3/t20?,24-,27-,29-/m0/s1. The van der Waals surface area contributed by atoms with Crippen molar-refractivity contribution < 1.29 is 27.8 Å². The second kappa shape index (κ2) is 11.9. The predicted molar refractivity (Wildman–Crippen MR) is 146 cm³/mol. The summed E-state index contributed by atoms with van der Waals surface area (Å²) in [5, 5.41) is 12.6. The molecule has 0 spiro atoms. The van der Waals surface area contributed by atoms with E-state index in [-0.39, 0.29) is 19.1 Å². The van der Waals surface area contributed by atoms with Crippen molar-refractivity contribution in [2.75, 3.05) is 13.2 Å². The molecule has 0 aromatic heterocycles. The van der Waals surface area contributed by atoms with Gasteiger partial charge in [0.1, 0.15) is 0 Å². The molecule has 0 radical (unpaired) electrons. The van der Waals surface area contributed by atoms with Crippen molar-refractivity contribution in [3.05, 3.63) is 96.1 Å². The lowest BCUT2D eigenvalue weighted by molar-refractivity contribution is -0.204. The third-order valence-corrected chi connectivity index (χ3v) is 9.58. The number of ether oxygens (including phenoxy) is 1. The summed E-state index contributed by atoms with van der Waals surface area (Å²) in [4.78, 5) is 14.7. The van der Waals surface area contributed by atoms with E-state index in [1.165, 1.54) is 11.0 Å². The highest BCUT2D eigenvalue weighted by Gasteiger charge is 2.44. The van der Waals surface area contributed by atoms with Gasteiger partial charge in [0.25, 0.3) is 5.91 Å². The van der Waals surface area contributed by atoms with Gasteiger partial charge in [-0.15, -0.1) is 0 Å². The minimum Gasteiger partial charge on any atom is -0.411 e. The molecule has 1 amide bonds. The van der Waals surface area contributed by atoms with Gasteiger partial charge in [-0.3, -0.25) is 4.79 Å². The largest absolute Gasteiger partial charge is 0.411 e. The smallest absolute Gasteiger partial charge is 0.279 e. The lowest BCUT2D eigenvalue weighted by Gasteiger charge is -2.46. The monoisotopic (exact) mass is 539 g/mol. The first-order valence-electron chi connectivity index (χ1n) is 12.9. The van der Waals surface area contributed by atoms with E-state index in [2.05, 4.69) is 24.3 Å². The molecule has 8 heteroatoms. The van der Waals surface area contributed by atoms with Crippen LogP contribution in [0.4, 0.5) is 8.78 Å². The van der Waals surface area contributed by atoms with Crippen molar-refractivity contribution in [3.8, 4) is 0 Å².